The fraction of sp³-hybridized carbons (Fsp3) is 0.222. The minimum absolute atomic E-state index is 0.0423. The highest BCUT2D eigenvalue weighted by molar-refractivity contribution is 7.16. The number of carbonyl (C=O) groups is 1. The molecule has 0 aliphatic heterocycles. The molecule has 1 aliphatic carbocycles. The van der Waals surface area contributed by atoms with Gasteiger partial charge in [-0.05, 0) is 55.2 Å². The van der Waals surface area contributed by atoms with Crippen LogP contribution in [0.25, 0.3) is 10.4 Å². The van der Waals surface area contributed by atoms with Crippen LogP contribution in [0.2, 0.25) is 0 Å². The molecule has 0 radical (unpaired) electrons. The van der Waals surface area contributed by atoms with Crippen molar-refractivity contribution in [3.8, 4) is 16.2 Å². The predicted octanol–water partition coefficient (Wildman–Crippen LogP) is 4.82. The first-order valence-electron chi connectivity index (χ1n) is 7.49. The number of aromatic hydroxyl groups is 1. The average Bonchev–Trinajstić information content (AvgIpc) is 3.04. The Bertz CT molecular complexity index is 844. The Morgan fingerprint density at radius 3 is 2.71 bits per heavy atom. The summed E-state index contributed by atoms with van der Waals surface area (Å²) in [6.45, 7) is 3.62. The van der Waals surface area contributed by atoms with Crippen LogP contribution in [0, 0.1) is 13.8 Å². The third-order valence-corrected chi connectivity index (χ3v) is 4.75. The Labute approximate surface area is 142 Å². The van der Waals surface area contributed by atoms with Gasteiger partial charge >= 0.3 is 5.97 Å². The summed E-state index contributed by atoms with van der Waals surface area (Å²) in [6, 6.07) is 3.66. The van der Waals surface area contributed by atoms with Gasteiger partial charge in [0.15, 0.2) is 5.76 Å². The molecule has 1 aromatic carbocycles. The number of aromatic nitrogens is 1. The van der Waals surface area contributed by atoms with Crippen molar-refractivity contribution in [2.24, 2.45) is 0 Å². The van der Waals surface area contributed by atoms with E-state index in [4.69, 9.17) is 4.74 Å². The van der Waals surface area contributed by atoms with E-state index in [0.29, 0.717) is 6.42 Å². The molecular formula is C18H16FNO3S. The number of ether oxygens (including phenoxy) is 1. The summed E-state index contributed by atoms with van der Waals surface area (Å²) < 4.78 is 18.7. The number of phenolic OH excluding ortho intramolecular Hbond substituents is 1. The van der Waals surface area contributed by atoms with Crippen LogP contribution in [0.3, 0.4) is 0 Å². The van der Waals surface area contributed by atoms with Crippen LogP contribution < -0.4 is 0 Å². The maximum atomic E-state index is 13.6. The molecule has 1 heterocycles. The maximum absolute atomic E-state index is 13.6. The fourth-order valence-electron chi connectivity index (χ4n) is 2.45. The smallest absolute Gasteiger partial charge is 0.372 e. The van der Waals surface area contributed by atoms with Gasteiger partial charge in [0, 0.05) is 12.6 Å². The molecule has 0 spiro atoms. The van der Waals surface area contributed by atoms with Gasteiger partial charge in [0.25, 0.3) is 0 Å². The monoisotopic (exact) mass is 345 g/mol. The highest BCUT2D eigenvalue weighted by Crippen LogP contribution is 2.32. The van der Waals surface area contributed by atoms with Gasteiger partial charge in [0.2, 0.25) is 5.01 Å². The third-order valence-electron chi connectivity index (χ3n) is 3.73. The summed E-state index contributed by atoms with van der Waals surface area (Å²) in [5.74, 6) is -0.878. The van der Waals surface area contributed by atoms with E-state index in [1.54, 1.807) is 12.3 Å². The van der Waals surface area contributed by atoms with Gasteiger partial charge in [-0.25, -0.2) is 14.2 Å². The van der Waals surface area contributed by atoms with E-state index >= 15 is 0 Å². The first kappa shape index (κ1) is 16.4. The number of phenols is 1. The molecular weight excluding hydrogens is 329 g/mol. The minimum Gasteiger partial charge on any atom is -0.507 e. The topological polar surface area (TPSA) is 59.4 Å². The summed E-state index contributed by atoms with van der Waals surface area (Å²) >= 11 is 1.17. The second kappa shape index (κ2) is 6.57. The Morgan fingerprint density at radius 2 is 2.04 bits per heavy atom. The summed E-state index contributed by atoms with van der Waals surface area (Å²) in [6.07, 6.45) is 5.66. The molecule has 4 nitrogen and oxygen atoms in total. The molecule has 0 fully saturated rings. The van der Waals surface area contributed by atoms with E-state index in [-0.39, 0.29) is 22.9 Å². The molecule has 2 aromatic rings. The molecule has 6 heteroatoms. The summed E-state index contributed by atoms with van der Waals surface area (Å²) in [5.41, 5.74) is 2.37. The molecule has 24 heavy (non-hydrogen) atoms. The van der Waals surface area contributed by atoms with Crippen molar-refractivity contribution in [3.05, 3.63) is 58.2 Å². The van der Waals surface area contributed by atoms with Crippen LogP contribution in [-0.4, -0.2) is 16.1 Å². The highest BCUT2D eigenvalue weighted by atomic mass is 32.1. The number of thiazole rings is 1. The molecule has 0 bridgehead atoms. The van der Waals surface area contributed by atoms with Crippen LogP contribution in [-0.2, 0) is 4.74 Å². The van der Waals surface area contributed by atoms with Crippen molar-refractivity contribution < 1.29 is 19.0 Å². The van der Waals surface area contributed by atoms with E-state index in [1.165, 1.54) is 17.4 Å². The van der Waals surface area contributed by atoms with Crippen LogP contribution in [0.5, 0.6) is 5.75 Å². The number of benzene rings is 1. The molecule has 124 valence electrons. The van der Waals surface area contributed by atoms with E-state index in [0.717, 1.165) is 21.6 Å². The molecule has 1 aromatic heterocycles. The predicted molar refractivity (Wildman–Crippen MR) is 90.6 cm³/mol. The summed E-state index contributed by atoms with van der Waals surface area (Å²) in [7, 11) is 0. The number of esters is 1. The zero-order valence-corrected chi connectivity index (χ0v) is 14.1. The van der Waals surface area contributed by atoms with E-state index in [2.05, 4.69) is 4.98 Å². The van der Waals surface area contributed by atoms with Crippen molar-refractivity contribution >= 4 is 17.3 Å². The van der Waals surface area contributed by atoms with E-state index in [9.17, 15) is 14.3 Å². The minimum atomic E-state index is -0.671. The van der Waals surface area contributed by atoms with Gasteiger partial charge in [-0.15, -0.1) is 11.3 Å². The number of hydrogen-bond donors (Lipinski definition) is 1. The second-order valence-electron chi connectivity index (χ2n) is 5.59. The van der Waals surface area contributed by atoms with Crippen molar-refractivity contribution in [3.63, 3.8) is 0 Å². The van der Waals surface area contributed by atoms with Gasteiger partial charge in [0.05, 0.1) is 4.88 Å². The van der Waals surface area contributed by atoms with E-state index < -0.39 is 11.8 Å². The Balaban J connectivity index is 1.83. The van der Waals surface area contributed by atoms with Gasteiger partial charge in [-0.2, -0.15) is 0 Å². The zero-order chi connectivity index (χ0) is 17.3. The SMILES string of the molecule is Cc1cc(-c2cnc(C(=O)OC3=C(F)CCC=C3)s2)cc(C)c1O. The van der Waals surface area contributed by atoms with E-state index in [1.807, 2.05) is 26.0 Å². The first-order valence-corrected chi connectivity index (χ1v) is 8.31. The molecule has 1 aliphatic rings. The largest absolute Gasteiger partial charge is 0.507 e. The number of carbonyl (C=O) groups excluding carboxylic acids is 1. The molecule has 1 N–H and O–H groups in total. The Kier molecular flexibility index (Phi) is 4.49. The number of nitrogens with zero attached hydrogens (tertiary/aromatic N) is 1. The first-order chi connectivity index (χ1) is 11.5. The van der Waals surface area contributed by atoms with Crippen LogP contribution in [0.4, 0.5) is 4.39 Å². The van der Waals surface area contributed by atoms with Gasteiger partial charge in [0.1, 0.15) is 11.6 Å². The molecule has 0 saturated heterocycles. The normalized spacial score (nSPS) is 14.1. The Morgan fingerprint density at radius 1 is 1.33 bits per heavy atom. The van der Waals surface area contributed by atoms with Gasteiger partial charge < -0.3 is 9.84 Å². The van der Waals surface area contributed by atoms with Crippen molar-refractivity contribution in [2.75, 3.05) is 0 Å². The zero-order valence-electron chi connectivity index (χ0n) is 13.3. The maximum Gasteiger partial charge on any atom is 0.372 e. The lowest BCUT2D eigenvalue weighted by Crippen LogP contribution is -2.06. The lowest BCUT2D eigenvalue weighted by atomic mass is 10.1. The molecule has 0 unspecified atom stereocenters. The third kappa shape index (κ3) is 3.23. The lowest BCUT2D eigenvalue weighted by Gasteiger charge is -2.08. The highest BCUT2D eigenvalue weighted by Gasteiger charge is 2.19. The number of halogens is 1. The number of aryl methyl sites for hydroxylation is 2. The van der Waals surface area contributed by atoms with Crippen molar-refractivity contribution in [1.82, 2.24) is 4.98 Å². The molecule has 3 rings (SSSR count). The average molecular weight is 345 g/mol. The standard InChI is InChI=1S/C18H16FNO3S/c1-10-7-12(8-11(2)16(10)21)15-9-20-17(24-15)18(22)23-14-6-4-3-5-13(14)19/h4,6-9,21H,3,5H2,1-2H3. The molecule has 0 amide bonds. The lowest BCUT2D eigenvalue weighted by molar-refractivity contribution is 0.0625. The van der Waals surface area contributed by atoms with Crippen LogP contribution >= 0.6 is 11.3 Å². The Hall–Kier alpha value is -2.47. The fourth-order valence-corrected chi connectivity index (χ4v) is 3.23. The van der Waals surface area contributed by atoms with Crippen molar-refractivity contribution in [2.45, 2.75) is 26.7 Å². The number of allylic oxidation sites excluding steroid dienone is 3. The van der Waals surface area contributed by atoms with Crippen LogP contribution in [0.15, 0.2) is 42.1 Å². The number of rotatable bonds is 3. The number of hydrogen-bond acceptors (Lipinski definition) is 5. The summed E-state index contributed by atoms with van der Waals surface area (Å²) in [5, 5.41) is 10.0. The van der Waals surface area contributed by atoms with Crippen LogP contribution in [0.1, 0.15) is 33.8 Å². The van der Waals surface area contributed by atoms with Crippen molar-refractivity contribution in [1.29, 1.82) is 0 Å². The second-order valence-corrected chi connectivity index (χ2v) is 6.62. The summed E-state index contributed by atoms with van der Waals surface area (Å²) in [4.78, 5) is 17.0. The van der Waals surface area contributed by atoms with Gasteiger partial charge in [-0.3, -0.25) is 0 Å². The quantitative estimate of drug-likeness (QED) is 0.810. The molecule has 0 atom stereocenters. The van der Waals surface area contributed by atoms with Gasteiger partial charge in [-0.1, -0.05) is 6.08 Å². The molecule has 0 saturated carbocycles.